The van der Waals surface area contributed by atoms with Gasteiger partial charge in [0, 0.05) is 19.1 Å². The maximum absolute atomic E-state index is 11.1. The number of hydrogen-bond donors (Lipinski definition) is 2. The van der Waals surface area contributed by atoms with Crippen LogP contribution in [0.15, 0.2) is 12.7 Å². The first-order valence-electron chi connectivity index (χ1n) is 4.85. The van der Waals surface area contributed by atoms with Crippen LogP contribution in [0.25, 0.3) is 0 Å². The van der Waals surface area contributed by atoms with Crippen molar-refractivity contribution in [3.8, 4) is 0 Å². The van der Waals surface area contributed by atoms with E-state index in [0.717, 1.165) is 6.54 Å². The predicted octanol–water partition coefficient (Wildman–Crippen LogP) is 1.71. The average Bonchev–Trinajstić information content (AvgIpc) is 2.02. The number of hydrogen-bond acceptors (Lipinski definition) is 2. The van der Waals surface area contributed by atoms with Crippen LogP contribution in [0.3, 0.4) is 0 Å². The van der Waals surface area contributed by atoms with Crippen LogP contribution < -0.4 is 5.32 Å². The molecule has 0 bridgehead atoms. The highest BCUT2D eigenvalue weighted by molar-refractivity contribution is 5.85. The summed E-state index contributed by atoms with van der Waals surface area (Å²) in [5.74, 6) is 0. The van der Waals surface area contributed by atoms with E-state index < -0.39 is 6.09 Å². The molecule has 1 amide bonds. The van der Waals surface area contributed by atoms with Gasteiger partial charge >= 0.3 is 6.09 Å². The Morgan fingerprint density at radius 2 is 2.40 bits per heavy atom. The fraction of sp³-hybridized carbons (Fsp3) is 0.700. The zero-order valence-electron chi connectivity index (χ0n) is 9.19. The van der Waals surface area contributed by atoms with E-state index in [1.54, 1.807) is 6.08 Å². The molecule has 1 aliphatic rings. The van der Waals surface area contributed by atoms with E-state index >= 15 is 0 Å². The molecule has 5 heteroatoms. The normalized spacial score (nSPS) is 30.5. The minimum Gasteiger partial charge on any atom is -0.465 e. The zero-order valence-corrected chi connectivity index (χ0v) is 10.0. The number of nitrogens with zero attached hydrogens (tertiary/aromatic N) is 1. The molecule has 0 spiro atoms. The Bertz CT molecular complexity index is 248. The van der Waals surface area contributed by atoms with Gasteiger partial charge in [-0.05, 0) is 20.3 Å². The van der Waals surface area contributed by atoms with Crippen molar-refractivity contribution < 1.29 is 9.90 Å². The highest BCUT2D eigenvalue weighted by atomic mass is 35.5. The predicted molar refractivity (Wildman–Crippen MR) is 62.7 cm³/mol. The molecule has 1 rings (SSSR count). The molecular formula is C10H19ClN2O2. The largest absolute Gasteiger partial charge is 0.465 e. The van der Waals surface area contributed by atoms with Crippen molar-refractivity contribution in [1.82, 2.24) is 10.2 Å². The van der Waals surface area contributed by atoms with Crippen LogP contribution in [0.2, 0.25) is 0 Å². The summed E-state index contributed by atoms with van der Waals surface area (Å²) in [6.45, 7) is 8.95. The van der Waals surface area contributed by atoms with Crippen LogP contribution in [0.1, 0.15) is 20.3 Å². The molecule has 0 aromatic heterocycles. The molecule has 4 nitrogen and oxygen atoms in total. The molecular weight excluding hydrogens is 216 g/mol. The molecule has 0 radical (unpaired) electrons. The van der Waals surface area contributed by atoms with Crippen LogP contribution in [0.5, 0.6) is 0 Å². The van der Waals surface area contributed by atoms with Gasteiger partial charge in [0.1, 0.15) is 0 Å². The lowest BCUT2D eigenvalue weighted by molar-refractivity contribution is 0.0382. The molecule has 0 unspecified atom stereocenters. The smallest absolute Gasteiger partial charge is 0.408 e. The molecule has 2 atom stereocenters. The van der Waals surface area contributed by atoms with Gasteiger partial charge in [-0.15, -0.1) is 19.0 Å². The Balaban J connectivity index is 0.00000196. The SMILES string of the molecule is C=CC[C@]1(C)CNC[C@H](C)N1C(=O)O.Cl. The molecule has 1 aliphatic heterocycles. The van der Waals surface area contributed by atoms with E-state index in [-0.39, 0.29) is 24.0 Å². The topological polar surface area (TPSA) is 52.6 Å². The number of halogens is 1. The van der Waals surface area contributed by atoms with Crippen LogP contribution >= 0.6 is 12.4 Å². The van der Waals surface area contributed by atoms with Crippen molar-refractivity contribution in [3.63, 3.8) is 0 Å². The maximum Gasteiger partial charge on any atom is 0.408 e. The summed E-state index contributed by atoms with van der Waals surface area (Å²) < 4.78 is 0. The van der Waals surface area contributed by atoms with Crippen molar-refractivity contribution in [1.29, 1.82) is 0 Å². The third-order valence-electron chi connectivity index (χ3n) is 2.76. The Kier molecular flexibility index (Phi) is 5.11. The van der Waals surface area contributed by atoms with E-state index in [4.69, 9.17) is 5.11 Å². The molecule has 2 N–H and O–H groups in total. The van der Waals surface area contributed by atoms with Gasteiger partial charge in [-0.3, -0.25) is 4.90 Å². The molecule has 88 valence electrons. The molecule has 1 heterocycles. The Morgan fingerprint density at radius 1 is 1.80 bits per heavy atom. The Labute approximate surface area is 96.7 Å². The minimum absolute atomic E-state index is 0. The van der Waals surface area contributed by atoms with Crippen LogP contribution in [-0.2, 0) is 0 Å². The van der Waals surface area contributed by atoms with Gasteiger partial charge in [0.2, 0.25) is 0 Å². The minimum atomic E-state index is -0.844. The van der Waals surface area contributed by atoms with Gasteiger partial charge in [-0.2, -0.15) is 0 Å². The zero-order chi connectivity index (χ0) is 10.8. The summed E-state index contributed by atoms with van der Waals surface area (Å²) in [7, 11) is 0. The van der Waals surface area contributed by atoms with E-state index in [9.17, 15) is 4.79 Å². The van der Waals surface area contributed by atoms with Gasteiger partial charge in [0.05, 0.1) is 5.54 Å². The fourth-order valence-corrected chi connectivity index (χ4v) is 2.16. The van der Waals surface area contributed by atoms with Gasteiger partial charge in [0.15, 0.2) is 0 Å². The van der Waals surface area contributed by atoms with Crippen molar-refractivity contribution in [3.05, 3.63) is 12.7 Å². The molecule has 0 aromatic carbocycles. The van der Waals surface area contributed by atoms with E-state index in [2.05, 4.69) is 11.9 Å². The first-order chi connectivity index (χ1) is 6.51. The number of rotatable bonds is 2. The highest BCUT2D eigenvalue weighted by Crippen LogP contribution is 2.25. The highest BCUT2D eigenvalue weighted by Gasteiger charge is 2.40. The van der Waals surface area contributed by atoms with Crippen molar-refractivity contribution in [2.75, 3.05) is 13.1 Å². The Morgan fingerprint density at radius 3 is 2.87 bits per heavy atom. The lowest BCUT2D eigenvalue weighted by atomic mass is 9.91. The number of amides is 1. The van der Waals surface area contributed by atoms with Gasteiger partial charge < -0.3 is 10.4 Å². The fourth-order valence-electron chi connectivity index (χ4n) is 2.16. The van der Waals surface area contributed by atoms with Crippen LogP contribution in [0, 0.1) is 0 Å². The molecule has 1 fully saturated rings. The van der Waals surface area contributed by atoms with Crippen molar-refractivity contribution >= 4 is 18.5 Å². The second-order valence-corrected chi connectivity index (χ2v) is 4.12. The van der Waals surface area contributed by atoms with E-state index in [1.807, 2.05) is 13.8 Å². The third-order valence-corrected chi connectivity index (χ3v) is 2.76. The van der Waals surface area contributed by atoms with Gasteiger partial charge in [0.25, 0.3) is 0 Å². The summed E-state index contributed by atoms with van der Waals surface area (Å²) in [5.41, 5.74) is -0.356. The summed E-state index contributed by atoms with van der Waals surface area (Å²) in [6.07, 6.45) is 1.61. The Hall–Kier alpha value is -0.740. The number of carbonyl (C=O) groups is 1. The second-order valence-electron chi connectivity index (χ2n) is 4.12. The molecule has 0 aliphatic carbocycles. The van der Waals surface area contributed by atoms with Gasteiger partial charge in [-0.1, -0.05) is 6.08 Å². The summed E-state index contributed by atoms with van der Waals surface area (Å²) in [6, 6.07) is 0.0196. The lowest BCUT2D eigenvalue weighted by Crippen LogP contribution is -2.64. The summed E-state index contributed by atoms with van der Waals surface area (Å²) in [4.78, 5) is 12.7. The number of piperazine rings is 1. The summed E-state index contributed by atoms with van der Waals surface area (Å²) >= 11 is 0. The molecule has 1 saturated heterocycles. The van der Waals surface area contributed by atoms with Crippen molar-refractivity contribution in [2.45, 2.75) is 31.8 Å². The van der Waals surface area contributed by atoms with Crippen LogP contribution in [0.4, 0.5) is 4.79 Å². The monoisotopic (exact) mass is 234 g/mol. The van der Waals surface area contributed by atoms with E-state index in [1.165, 1.54) is 4.90 Å². The maximum atomic E-state index is 11.1. The summed E-state index contributed by atoms with van der Waals surface area (Å²) in [5, 5.41) is 12.4. The number of nitrogens with one attached hydrogen (secondary N) is 1. The number of carboxylic acid groups (broad SMARTS) is 1. The molecule has 15 heavy (non-hydrogen) atoms. The van der Waals surface area contributed by atoms with E-state index in [0.29, 0.717) is 13.0 Å². The molecule has 0 saturated carbocycles. The quantitative estimate of drug-likeness (QED) is 0.716. The first-order valence-corrected chi connectivity index (χ1v) is 4.85. The van der Waals surface area contributed by atoms with Gasteiger partial charge in [-0.25, -0.2) is 4.79 Å². The van der Waals surface area contributed by atoms with Crippen LogP contribution in [-0.4, -0.2) is 40.8 Å². The standard InChI is InChI=1S/C10H18N2O2.ClH/c1-4-5-10(3)7-11-6-8(2)12(10)9(13)14;/h4,8,11H,1,5-7H2,2-3H3,(H,13,14);1H/t8-,10+;/m0./s1. The van der Waals surface area contributed by atoms with Crippen molar-refractivity contribution in [2.24, 2.45) is 0 Å². The second kappa shape index (κ2) is 5.37. The lowest BCUT2D eigenvalue weighted by Gasteiger charge is -2.47. The molecule has 0 aromatic rings. The first kappa shape index (κ1) is 14.3. The average molecular weight is 235 g/mol. The third kappa shape index (κ3) is 2.86.